The summed E-state index contributed by atoms with van der Waals surface area (Å²) in [7, 11) is 0. The molecular weight excluding hydrogens is 451 g/mol. The van der Waals surface area contributed by atoms with Crippen molar-refractivity contribution in [3.05, 3.63) is 64.3 Å². The highest BCUT2D eigenvalue weighted by atomic mass is 35.5. The van der Waals surface area contributed by atoms with Crippen LogP contribution in [0.2, 0.25) is 10.0 Å². The molecule has 4 rings (SSSR count). The number of carbonyl (C=O) groups is 1. The van der Waals surface area contributed by atoms with Crippen molar-refractivity contribution < 1.29 is 19.1 Å². The van der Waals surface area contributed by atoms with E-state index < -0.39 is 6.10 Å². The molecule has 1 unspecified atom stereocenters. The highest BCUT2D eigenvalue weighted by Crippen LogP contribution is 2.24. The Hall–Kier alpha value is -2.25. The van der Waals surface area contributed by atoms with Crippen LogP contribution in [0.3, 0.4) is 0 Å². The Kier molecular flexibility index (Phi) is 7.58. The number of hydrogen-bond donors (Lipinski definition) is 3. The summed E-state index contributed by atoms with van der Waals surface area (Å²) in [5, 5.41) is 18.7. The summed E-state index contributed by atoms with van der Waals surface area (Å²) in [4.78, 5) is 12.6. The van der Waals surface area contributed by atoms with Gasteiger partial charge in [0.05, 0.1) is 0 Å². The Morgan fingerprint density at radius 3 is 2.47 bits per heavy atom. The molecule has 3 aromatic rings. The molecule has 0 bridgehead atoms. The lowest BCUT2D eigenvalue weighted by atomic mass is 9.91. The first-order valence-electron chi connectivity index (χ1n) is 10.8. The van der Waals surface area contributed by atoms with Crippen LogP contribution >= 0.6 is 23.2 Å². The van der Waals surface area contributed by atoms with E-state index >= 15 is 0 Å². The van der Waals surface area contributed by atoms with Gasteiger partial charge in [0.25, 0.3) is 5.91 Å². The topological polar surface area (TPSA) is 83.7 Å². The van der Waals surface area contributed by atoms with Crippen LogP contribution in [0.1, 0.15) is 36.2 Å². The fraction of sp³-hybridized carbons (Fsp3) is 0.375. The second-order valence-electron chi connectivity index (χ2n) is 8.14. The zero-order valence-corrected chi connectivity index (χ0v) is 19.0. The summed E-state index contributed by atoms with van der Waals surface area (Å²) in [5.74, 6) is 0.770. The number of benzene rings is 2. The van der Waals surface area contributed by atoms with E-state index in [1.165, 1.54) is 0 Å². The van der Waals surface area contributed by atoms with E-state index in [9.17, 15) is 9.90 Å². The molecule has 6 nitrogen and oxygen atoms in total. The minimum absolute atomic E-state index is 0.107. The molecular formula is C24H26Cl2N2O4. The van der Waals surface area contributed by atoms with Gasteiger partial charge in [-0.1, -0.05) is 23.2 Å². The zero-order valence-electron chi connectivity index (χ0n) is 17.5. The molecule has 32 heavy (non-hydrogen) atoms. The Morgan fingerprint density at radius 2 is 1.72 bits per heavy atom. The number of amides is 1. The van der Waals surface area contributed by atoms with E-state index in [1.54, 1.807) is 48.5 Å². The van der Waals surface area contributed by atoms with Gasteiger partial charge in [0.2, 0.25) is 0 Å². The summed E-state index contributed by atoms with van der Waals surface area (Å²) in [6, 6.07) is 14.5. The molecule has 0 saturated heterocycles. The van der Waals surface area contributed by atoms with Gasteiger partial charge in [0.15, 0.2) is 5.76 Å². The standard InChI is InChI=1S/C24H26Cl2N2O4/c25-16-1-8-21(9-2-16)31-14-20(29)13-27-18-4-6-19(7-5-18)28-24(30)23-12-15-11-17(26)3-10-22(15)32-23/h1-3,8-12,18-20,27,29H,4-7,13-14H2,(H,28,30)/t18-,19-,20?. The summed E-state index contributed by atoms with van der Waals surface area (Å²) in [6.07, 6.45) is 2.97. The molecule has 1 aliphatic carbocycles. The van der Waals surface area contributed by atoms with Crippen LogP contribution in [0, 0.1) is 0 Å². The SMILES string of the molecule is O=C(N[C@H]1CC[C@H](NCC(O)COc2ccc(Cl)cc2)CC1)c1cc2cc(Cl)ccc2o1. The number of aliphatic hydroxyl groups is 1. The van der Waals surface area contributed by atoms with Crippen LogP contribution in [-0.4, -0.2) is 42.4 Å². The second kappa shape index (κ2) is 10.6. The van der Waals surface area contributed by atoms with Crippen LogP contribution in [0.5, 0.6) is 5.75 Å². The summed E-state index contributed by atoms with van der Waals surface area (Å²) in [5.41, 5.74) is 0.644. The number of furan rings is 1. The third kappa shape index (κ3) is 6.17. The van der Waals surface area contributed by atoms with Crippen molar-refractivity contribution in [2.24, 2.45) is 0 Å². The maximum absolute atomic E-state index is 12.6. The van der Waals surface area contributed by atoms with E-state index in [0.29, 0.717) is 39.7 Å². The first-order chi connectivity index (χ1) is 15.5. The number of nitrogens with one attached hydrogen (secondary N) is 2. The number of aliphatic hydroxyl groups excluding tert-OH is 1. The summed E-state index contributed by atoms with van der Waals surface area (Å²) >= 11 is 11.9. The molecule has 1 fully saturated rings. The third-order valence-electron chi connectivity index (χ3n) is 5.66. The number of halogens is 2. The van der Waals surface area contributed by atoms with Gasteiger partial charge in [-0.15, -0.1) is 0 Å². The van der Waals surface area contributed by atoms with Gasteiger partial charge in [-0.2, -0.15) is 0 Å². The average Bonchev–Trinajstić information content (AvgIpc) is 3.21. The molecule has 1 aromatic heterocycles. The van der Waals surface area contributed by atoms with E-state index in [2.05, 4.69) is 10.6 Å². The smallest absolute Gasteiger partial charge is 0.287 e. The largest absolute Gasteiger partial charge is 0.491 e. The molecule has 2 aromatic carbocycles. The normalized spacial score (nSPS) is 19.6. The van der Waals surface area contributed by atoms with E-state index in [-0.39, 0.29) is 18.6 Å². The Balaban J connectivity index is 1.16. The number of hydrogen-bond acceptors (Lipinski definition) is 5. The van der Waals surface area contributed by atoms with Crippen molar-refractivity contribution in [1.82, 2.24) is 10.6 Å². The van der Waals surface area contributed by atoms with Crippen molar-refractivity contribution in [2.75, 3.05) is 13.2 Å². The average molecular weight is 477 g/mol. The van der Waals surface area contributed by atoms with Crippen molar-refractivity contribution in [3.63, 3.8) is 0 Å². The van der Waals surface area contributed by atoms with Gasteiger partial charge in [0, 0.05) is 34.1 Å². The second-order valence-corrected chi connectivity index (χ2v) is 9.01. The Morgan fingerprint density at radius 1 is 1.03 bits per heavy atom. The lowest BCUT2D eigenvalue weighted by Crippen LogP contribution is -2.44. The number of carbonyl (C=O) groups excluding carboxylic acids is 1. The predicted molar refractivity (Wildman–Crippen MR) is 126 cm³/mol. The summed E-state index contributed by atoms with van der Waals surface area (Å²) < 4.78 is 11.2. The van der Waals surface area contributed by atoms with Crippen LogP contribution in [0.4, 0.5) is 0 Å². The quantitative estimate of drug-likeness (QED) is 0.434. The van der Waals surface area contributed by atoms with Crippen molar-refractivity contribution in [1.29, 1.82) is 0 Å². The molecule has 0 radical (unpaired) electrons. The number of ether oxygens (including phenoxy) is 1. The Bertz CT molecular complexity index is 1050. The molecule has 1 amide bonds. The predicted octanol–water partition coefficient (Wildman–Crippen LogP) is 4.81. The van der Waals surface area contributed by atoms with Gasteiger partial charge < -0.3 is 24.9 Å². The monoisotopic (exact) mass is 476 g/mol. The van der Waals surface area contributed by atoms with Crippen molar-refractivity contribution in [2.45, 2.75) is 43.9 Å². The molecule has 0 spiro atoms. The van der Waals surface area contributed by atoms with Crippen LogP contribution < -0.4 is 15.4 Å². The molecule has 1 aliphatic rings. The van der Waals surface area contributed by atoms with Crippen molar-refractivity contribution >= 4 is 40.1 Å². The molecule has 1 heterocycles. The van der Waals surface area contributed by atoms with Gasteiger partial charge in [0.1, 0.15) is 24.0 Å². The van der Waals surface area contributed by atoms with Gasteiger partial charge >= 0.3 is 0 Å². The maximum atomic E-state index is 12.6. The van der Waals surface area contributed by atoms with Crippen LogP contribution in [0.25, 0.3) is 11.0 Å². The van der Waals surface area contributed by atoms with E-state index in [1.807, 2.05) is 0 Å². The highest BCUT2D eigenvalue weighted by molar-refractivity contribution is 6.31. The first kappa shape index (κ1) is 22.9. The molecule has 170 valence electrons. The molecule has 1 saturated carbocycles. The lowest BCUT2D eigenvalue weighted by molar-refractivity contribution is 0.0891. The third-order valence-corrected chi connectivity index (χ3v) is 6.15. The van der Waals surface area contributed by atoms with Gasteiger partial charge in [-0.05, 0) is 74.2 Å². The Labute approximate surface area is 196 Å². The van der Waals surface area contributed by atoms with E-state index in [4.69, 9.17) is 32.4 Å². The first-order valence-corrected chi connectivity index (χ1v) is 11.5. The van der Waals surface area contributed by atoms with Crippen LogP contribution in [-0.2, 0) is 0 Å². The summed E-state index contributed by atoms with van der Waals surface area (Å²) in [6.45, 7) is 0.666. The number of rotatable bonds is 8. The fourth-order valence-electron chi connectivity index (χ4n) is 3.91. The minimum atomic E-state index is -0.607. The molecule has 1 atom stereocenters. The lowest BCUT2D eigenvalue weighted by Gasteiger charge is -2.30. The van der Waals surface area contributed by atoms with E-state index in [0.717, 1.165) is 31.1 Å². The van der Waals surface area contributed by atoms with Gasteiger partial charge in [-0.3, -0.25) is 4.79 Å². The molecule has 8 heteroatoms. The fourth-order valence-corrected chi connectivity index (χ4v) is 4.22. The highest BCUT2D eigenvalue weighted by Gasteiger charge is 2.24. The van der Waals surface area contributed by atoms with Crippen molar-refractivity contribution in [3.8, 4) is 5.75 Å². The zero-order chi connectivity index (χ0) is 22.5. The van der Waals surface area contributed by atoms with Crippen LogP contribution in [0.15, 0.2) is 52.9 Å². The minimum Gasteiger partial charge on any atom is -0.491 e. The maximum Gasteiger partial charge on any atom is 0.287 e. The molecule has 0 aliphatic heterocycles. The number of fused-ring (bicyclic) bond motifs is 1. The molecule has 3 N–H and O–H groups in total. The van der Waals surface area contributed by atoms with Gasteiger partial charge in [-0.25, -0.2) is 0 Å².